The van der Waals surface area contributed by atoms with Crippen LogP contribution in [0.25, 0.3) is 11.1 Å². The molecule has 0 spiro atoms. The van der Waals surface area contributed by atoms with Gasteiger partial charge >= 0.3 is 11.8 Å². The maximum atomic E-state index is 12.2. The molecule has 4 rings (SSSR count). The Morgan fingerprint density at radius 3 is 2.45 bits per heavy atom. The smallest absolute Gasteiger partial charge is 0.407 e. The van der Waals surface area contributed by atoms with Gasteiger partial charge in [0.25, 0.3) is 0 Å². The largest absolute Gasteiger partial charge is 0.449 e. The minimum atomic E-state index is -0.575. The number of hydrogen-bond donors (Lipinski definition) is 1. The highest BCUT2D eigenvalue weighted by atomic mass is 35.5. The number of hydrogen-bond acceptors (Lipinski definition) is 5. The standard InChI is InChI=1S/C25H20ClN3O4/c1-16-17(14-28-24(26)23(16)29(31)32)8-6-7-13-27-25(30)33-15-22-20-11-4-2-9-18(20)19-10-3-5-12-21(19)22/h2-5,9-12,14,22H,7,13,15H2,1H3,(H,27,30). The molecule has 33 heavy (non-hydrogen) atoms. The van der Waals surface area contributed by atoms with E-state index < -0.39 is 11.0 Å². The molecule has 1 N–H and O–H groups in total. The lowest BCUT2D eigenvalue weighted by Crippen LogP contribution is -2.26. The Morgan fingerprint density at radius 2 is 1.82 bits per heavy atom. The molecule has 0 radical (unpaired) electrons. The van der Waals surface area contributed by atoms with Crippen molar-refractivity contribution in [2.45, 2.75) is 19.3 Å². The Hall–Kier alpha value is -3.89. The van der Waals surface area contributed by atoms with Crippen LogP contribution in [0.15, 0.2) is 54.7 Å². The van der Waals surface area contributed by atoms with Gasteiger partial charge in [-0.15, -0.1) is 0 Å². The summed E-state index contributed by atoms with van der Waals surface area (Å²) in [6.45, 7) is 2.10. The molecule has 0 saturated carbocycles. The van der Waals surface area contributed by atoms with E-state index in [1.54, 1.807) is 6.92 Å². The molecular formula is C25H20ClN3O4. The molecule has 1 aliphatic carbocycles. The van der Waals surface area contributed by atoms with Crippen LogP contribution in [0, 0.1) is 28.9 Å². The number of ether oxygens (including phenoxy) is 1. The lowest BCUT2D eigenvalue weighted by Gasteiger charge is -2.14. The van der Waals surface area contributed by atoms with Crippen LogP contribution < -0.4 is 5.32 Å². The lowest BCUT2D eigenvalue weighted by atomic mass is 9.98. The van der Waals surface area contributed by atoms with Crippen LogP contribution in [0.5, 0.6) is 0 Å². The molecule has 3 aromatic rings. The van der Waals surface area contributed by atoms with Crippen molar-refractivity contribution in [1.29, 1.82) is 0 Å². The zero-order chi connectivity index (χ0) is 23.4. The first-order valence-corrected chi connectivity index (χ1v) is 10.7. The number of rotatable bonds is 5. The highest BCUT2D eigenvalue weighted by Crippen LogP contribution is 2.44. The maximum absolute atomic E-state index is 12.2. The summed E-state index contributed by atoms with van der Waals surface area (Å²) < 4.78 is 5.48. The summed E-state index contributed by atoms with van der Waals surface area (Å²) >= 11 is 5.79. The fraction of sp³-hybridized carbons (Fsp3) is 0.200. The van der Waals surface area contributed by atoms with Gasteiger partial charge in [0.15, 0.2) is 0 Å². The van der Waals surface area contributed by atoms with Gasteiger partial charge in [-0.3, -0.25) is 10.1 Å². The SMILES string of the molecule is Cc1c(C#CCCNC(=O)OCC2c3ccccc3-c3ccccc32)cnc(Cl)c1[N+](=O)[O-]. The molecule has 0 atom stereocenters. The average Bonchev–Trinajstić information content (AvgIpc) is 3.12. The summed E-state index contributed by atoms with van der Waals surface area (Å²) in [5, 5.41) is 13.6. The Morgan fingerprint density at radius 1 is 1.18 bits per heavy atom. The van der Waals surface area contributed by atoms with E-state index in [2.05, 4.69) is 46.4 Å². The average molecular weight is 462 g/mol. The van der Waals surface area contributed by atoms with Gasteiger partial charge in [-0.1, -0.05) is 72.0 Å². The molecule has 0 aliphatic heterocycles. The molecule has 1 amide bonds. The molecule has 0 unspecified atom stereocenters. The first-order valence-electron chi connectivity index (χ1n) is 10.3. The normalized spacial score (nSPS) is 11.7. The van der Waals surface area contributed by atoms with Crippen molar-refractivity contribution in [3.63, 3.8) is 0 Å². The van der Waals surface area contributed by atoms with Gasteiger partial charge in [0, 0.05) is 30.6 Å². The van der Waals surface area contributed by atoms with Crippen molar-refractivity contribution in [3.05, 3.63) is 92.2 Å². The van der Waals surface area contributed by atoms with E-state index in [4.69, 9.17) is 16.3 Å². The fourth-order valence-electron chi connectivity index (χ4n) is 3.93. The van der Waals surface area contributed by atoms with Crippen LogP contribution in [0.4, 0.5) is 10.5 Å². The molecule has 1 aromatic heterocycles. The number of nitrogens with zero attached hydrogens (tertiary/aromatic N) is 2. The Balaban J connectivity index is 1.31. The summed E-state index contributed by atoms with van der Waals surface area (Å²) in [6, 6.07) is 16.3. The predicted molar refractivity (Wildman–Crippen MR) is 125 cm³/mol. The van der Waals surface area contributed by atoms with Crippen LogP contribution in [0.1, 0.15) is 34.6 Å². The number of alkyl carbamates (subject to hydrolysis) is 1. The number of benzene rings is 2. The van der Waals surface area contributed by atoms with E-state index in [1.807, 2.05) is 24.3 Å². The number of pyridine rings is 1. The third kappa shape index (κ3) is 4.66. The van der Waals surface area contributed by atoms with Crippen molar-refractivity contribution in [2.75, 3.05) is 13.2 Å². The summed E-state index contributed by atoms with van der Waals surface area (Å²) in [7, 11) is 0. The molecule has 166 valence electrons. The molecule has 8 heteroatoms. The number of nitrogens with one attached hydrogen (secondary N) is 1. The Labute approximate surface area is 195 Å². The van der Waals surface area contributed by atoms with Crippen LogP contribution >= 0.6 is 11.6 Å². The Kier molecular flexibility index (Phi) is 6.57. The van der Waals surface area contributed by atoms with Gasteiger partial charge < -0.3 is 10.1 Å². The second-order valence-corrected chi connectivity index (χ2v) is 7.86. The molecule has 0 bridgehead atoms. The van der Waals surface area contributed by atoms with Gasteiger partial charge in [0.2, 0.25) is 5.15 Å². The van der Waals surface area contributed by atoms with E-state index in [0.717, 1.165) is 11.1 Å². The third-order valence-corrected chi connectivity index (χ3v) is 5.81. The predicted octanol–water partition coefficient (Wildman–Crippen LogP) is 5.23. The summed E-state index contributed by atoms with van der Waals surface area (Å²) in [5.74, 6) is 5.72. The van der Waals surface area contributed by atoms with Gasteiger partial charge in [-0.2, -0.15) is 0 Å². The quantitative estimate of drug-likeness (QED) is 0.184. The zero-order valence-electron chi connectivity index (χ0n) is 17.8. The number of fused-ring (bicyclic) bond motifs is 3. The molecule has 0 fully saturated rings. The minimum absolute atomic E-state index is 0.000822. The third-order valence-electron chi connectivity index (χ3n) is 5.53. The second kappa shape index (κ2) is 9.72. The number of halogens is 1. The van der Waals surface area contributed by atoms with Crippen LogP contribution in [0.2, 0.25) is 5.15 Å². The van der Waals surface area contributed by atoms with Crippen molar-refractivity contribution >= 4 is 23.4 Å². The number of carbonyl (C=O) groups is 1. The van der Waals surface area contributed by atoms with E-state index in [9.17, 15) is 14.9 Å². The van der Waals surface area contributed by atoms with E-state index in [1.165, 1.54) is 17.3 Å². The van der Waals surface area contributed by atoms with Gasteiger partial charge in [-0.25, -0.2) is 9.78 Å². The number of aromatic nitrogens is 1. The van der Waals surface area contributed by atoms with E-state index in [0.29, 0.717) is 17.5 Å². The summed E-state index contributed by atoms with van der Waals surface area (Å²) in [5.41, 5.74) is 5.18. The number of nitro groups is 1. The molecule has 0 saturated heterocycles. The van der Waals surface area contributed by atoms with Crippen LogP contribution in [-0.4, -0.2) is 29.2 Å². The van der Waals surface area contributed by atoms with Crippen molar-refractivity contribution in [2.24, 2.45) is 0 Å². The molecule has 1 heterocycles. The molecule has 7 nitrogen and oxygen atoms in total. The summed E-state index contributed by atoms with van der Waals surface area (Å²) in [4.78, 5) is 26.5. The Bertz CT molecular complexity index is 1250. The molecule has 2 aromatic carbocycles. The highest BCUT2D eigenvalue weighted by Gasteiger charge is 2.28. The van der Waals surface area contributed by atoms with E-state index in [-0.39, 0.29) is 29.9 Å². The fourth-order valence-corrected chi connectivity index (χ4v) is 4.19. The molecular weight excluding hydrogens is 442 g/mol. The number of amides is 1. The topological polar surface area (TPSA) is 94.4 Å². The van der Waals surface area contributed by atoms with Crippen LogP contribution in [0.3, 0.4) is 0 Å². The number of carbonyl (C=O) groups excluding carboxylic acids is 1. The van der Waals surface area contributed by atoms with Gasteiger partial charge in [0.1, 0.15) is 6.61 Å². The minimum Gasteiger partial charge on any atom is -0.449 e. The maximum Gasteiger partial charge on any atom is 0.407 e. The highest BCUT2D eigenvalue weighted by molar-refractivity contribution is 6.31. The van der Waals surface area contributed by atoms with Crippen LogP contribution in [-0.2, 0) is 4.74 Å². The molecule has 1 aliphatic rings. The van der Waals surface area contributed by atoms with Crippen molar-refractivity contribution in [3.8, 4) is 23.0 Å². The zero-order valence-corrected chi connectivity index (χ0v) is 18.6. The summed E-state index contributed by atoms with van der Waals surface area (Å²) in [6.07, 6.45) is 1.23. The van der Waals surface area contributed by atoms with Crippen molar-refractivity contribution in [1.82, 2.24) is 10.3 Å². The lowest BCUT2D eigenvalue weighted by molar-refractivity contribution is -0.385. The van der Waals surface area contributed by atoms with Gasteiger partial charge in [-0.05, 0) is 29.2 Å². The monoisotopic (exact) mass is 461 g/mol. The van der Waals surface area contributed by atoms with E-state index >= 15 is 0 Å². The first-order chi connectivity index (χ1) is 16.0. The first kappa shape index (κ1) is 22.3. The van der Waals surface area contributed by atoms with Crippen molar-refractivity contribution < 1.29 is 14.5 Å². The second-order valence-electron chi connectivity index (χ2n) is 7.50. The van der Waals surface area contributed by atoms with Gasteiger partial charge in [0.05, 0.1) is 10.5 Å².